The number of anilines is 3. The van der Waals surface area contributed by atoms with Gasteiger partial charge in [-0.05, 0) is 23.8 Å². The minimum absolute atomic E-state index is 0.286. The Morgan fingerprint density at radius 3 is 2.33 bits per heavy atom. The second-order valence-corrected chi connectivity index (χ2v) is 6.05. The van der Waals surface area contributed by atoms with Crippen molar-refractivity contribution in [3.63, 3.8) is 0 Å². The van der Waals surface area contributed by atoms with E-state index in [1.807, 2.05) is 24.3 Å². The maximum atomic E-state index is 6.13. The summed E-state index contributed by atoms with van der Waals surface area (Å²) in [7, 11) is 0. The van der Waals surface area contributed by atoms with E-state index in [9.17, 15) is 0 Å². The van der Waals surface area contributed by atoms with Gasteiger partial charge in [-0.1, -0.05) is 59.1 Å². The van der Waals surface area contributed by atoms with Crippen LogP contribution in [0.25, 0.3) is 0 Å². The predicted molar refractivity (Wildman–Crippen MR) is 98.4 cm³/mol. The minimum atomic E-state index is 0.286. The molecular formula is C16H12Cl3N5. The summed E-state index contributed by atoms with van der Waals surface area (Å²) < 4.78 is 0. The first kappa shape index (κ1) is 16.8. The molecule has 0 saturated heterocycles. The van der Waals surface area contributed by atoms with E-state index >= 15 is 0 Å². The monoisotopic (exact) mass is 379 g/mol. The minimum Gasteiger partial charge on any atom is -0.364 e. The third-order valence-electron chi connectivity index (χ3n) is 3.18. The number of benzene rings is 2. The van der Waals surface area contributed by atoms with Gasteiger partial charge >= 0.3 is 0 Å². The standard InChI is InChI=1S/C16H12Cl3N5/c17-11-5-2-1-4-10(11)8-20-14-9-21-24-16(22-14)23-15-12(18)6-3-7-13(15)19/h1-7,9H,8H2,(H2,20,22,23,24). The van der Waals surface area contributed by atoms with E-state index in [4.69, 9.17) is 34.8 Å². The lowest BCUT2D eigenvalue weighted by molar-refractivity contribution is 0.966. The Morgan fingerprint density at radius 1 is 0.875 bits per heavy atom. The molecule has 24 heavy (non-hydrogen) atoms. The Morgan fingerprint density at radius 2 is 1.58 bits per heavy atom. The first-order chi connectivity index (χ1) is 11.6. The van der Waals surface area contributed by atoms with Crippen molar-refractivity contribution in [3.05, 3.63) is 69.3 Å². The van der Waals surface area contributed by atoms with Gasteiger partial charge in [0.1, 0.15) is 0 Å². The third kappa shape index (κ3) is 4.06. The summed E-state index contributed by atoms with van der Waals surface area (Å²) in [5, 5.41) is 15.6. The summed E-state index contributed by atoms with van der Waals surface area (Å²) in [6.45, 7) is 0.519. The lowest BCUT2D eigenvalue weighted by Gasteiger charge is -2.10. The molecule has 0 bridgehead atoms. The van der Waals surface area contributed by atoms with Crippen LogP contribution in [0.4, 0.5) is 17.5 Å². The number of halogens is 3. The molecule has 8 heteroatoms. The number of hydrogen-bond acceptors (Lipinski definition) is 5. The molecular weight excluding hydrogens is 369 g/mol. The molecule has 0 atom stereocenters. The highest BCUT2D eigenvalue weighted by atomic mass is 35.5. The Balaban J connectivity index is 1.74. The normalized spacial score (nSPS) is 10.5. The highest BCUT2D eigenvalue weighted by Gasteiger charge is 2.08. The van der Waals surface area contributed by atoms with Crippen LogP contribution < -0.4 is 10.6 Å². The number of nitrogens with one attached hydrogen (secondary N) is 2. The fraction of sp³-hybridized carbons (Fsp3) is 0.0625. The summed E-state index contributed by atoms with van der Waals surface area (Å²) in [6.07, 6.45) is 1.52. The van der Waals surface area contributed by atoms with Crippen LogP contribution in [-0.2, 0) is 6.54 Å². The maximum Gasteiger partial charge on any atom is 0.249 e. The van der Waals surface area contributed by atoms with Gasteiger partial charge in [0.05, 0.1) is 21.9 Å². The molecule has 0 radical (unpaired) electrons. The lowest BCUT2D eigenvalue weighted by Crippen LogP contribution is -2.06. The number of rotatable bonds is 5. The van der Waals surface area contributed by atoms with E-state index in [2.05, 4.69) is 25.8 Å². The average Bonchev–Trinajstić information content (AvgIpc) is 2.58. The van der Waals surface area contributed by atoms with Crippen LogP contribution in [-0.4, -0.2) is 15.2 Å². The summed E-state index contributed by atoms with van der Waals surface area (Å²) in [5.41, 5.74) is 1.49. The van der Waals surface area contributed by atoms with Gasteiger partial charge in [-0.15, -0.1) is 5.10 Å². The van der Waals surface area contributed by atoms with E-state index < -0.39 is 0 Å². The molecule has 2 N–H and O–H groups in total. The van der Waals surface area contributed by atoms with Crippen LogP contribution in [0.2, 0.25) is 15.1 Å². The smallest absolute Gasteiger partial charge is 0.249 e. The van der Waals surface area contributed by atoms with Gasteiger partial charge in [0.2, 0.25) is 5.95 Å². The van der Waals surface area contributed by atoms with Crippen molar-refractivity contribution in [2.45, 2.75) is 6.54 Å². The quantitative estimate of drug-likeness (QED) is 0.638. The number of aromatic nitrogens is 3. The topological polar surface area (TPSA) is 62.7 Å². The summed E-state index contributed by atoms with van der Waals surface area (Å²) in [6, 6.07) is 12.8. The van der Waals surface area contributed by atoms with Crippen LogP contribution in [0.5, 0.6) is 0 Å². The molecule has 0 aliphatic carbocycles. The Hall–Kier alpha value is -2.08. The summed E-state index contributed by atoms with van der Waals surface area (Å²) in [5.74, 6) is 0.838. The van der Waals surface area contributed by atoms with E-state index in [1.54, 1.807) is 18.2 Å². The molecule has 0 saturated carbocycles. The lowest BCUT2D eigenvalue weighted by atomic mass is 10.2. The molecule has 0 amide bonds. The van der Waals surface area contributed by atoms with Crippen LogP contribution in [0.3, 0.4) is 0 Å². The molecule has 1 aromatic heterocycles. The van der Waals surface area contributed by atoms with Crippen LogP contribution in [0, 0.1) is 0 Å². The molecule has 0 spiro atoms. The van der Waals surface area contributed by atoms with Crippen molar-refractivity contribution in [2.75, 3.05) is 10.6 Å². The largest absolute Gasteiger partial charge is 0.364 e. The van der Waals surface area contributed by atoms with Gasteiger partial charge in [-0.3, -0.25) is 0 Å². The molecule has 3 rings (SSSR count). The number of para-hydroxylation sites is 1. The molecule has 0 aliphatic rings. The predicted octanol–water partition coefficient (Wildman–Crippen LogP) is 5.19. The molecule has 0 fully saturated rings. The van der Waals surface area contributed by atoms with Crippen LogP contribution in [0.1, 0.15) is 5.56 Å². The van der Waals surface area contributed by atoms with Crippen molar-refractivity contribution < 1.29 is 0 Å². The average molecular weight is 381 g/mol. The van der Waals surface area contributed by atoms with Crippen LogP contribution >= 0.6 is 34.8 Å². The molecule has 0 unspecified atom stereocenters. The summed E-state index contributed by atoms with van der Waals surface area (Å²) >= 11 is 18.4. The third-order valence-corrected chi connectivity index (χ3v) is 4.17. The van der Waals surface area contributed by atoms with Crippen molar-refractivity contribution in [1.82, 2.24) is 15.2 Å². The highest BCUT2D eigenvalue weighted by molar-refractivity contribution is 6.39. The molecule has 122 valence electrons. The van der Waals surface area contributed by atoms with E-state index in [0.717, 1.165) is 5.56 Å². The number of hydrogen-bond donors (Lipinski definition) is 2. The molecule has 0 aliphatic heterocycles. The van der Waals surface area contributed by atoms with Gasteiger partial charge in [-0.2, -0.15) is 10.1 Å². The van der Waals surface area contributed by atoms with Crippen molar-refractivity contribution in [2.24, 2.45) is 0 Å². The fourth-order valence-electron chi connectivity index (χ4n) is 2.00. The van der Waals surface area contributed by atoms with Crippen molar-refractivity contribution in [3.8, 4) is 0 Å². The first-order valence-corrected chi connectivity index (χ1v) is 8.15. The molecule has 5 nitrogen and oxygen atoms in total. The second kappa shape index (κ2) is 7.66. The number of nitrogens with zero attached hydrogens (tertiary/aromatic N) is 3. The summed E-state index contributed by atoms with van der Waals surface area (Å²) in [4.78, 5) is 4.34. The zero-order chi connectivity index (χ0) is 16.9. The van der Waals surface area contributed by atoms with Crippen LogP contribution in [0.15, 0.2) is 48.7 Å². The maximum absolute atomic E-state index is 6.13. The molecule has 1 heterocycles. The Kier molecular flexibility index (Phi) is 5.35. The van der Waals surface area contributed by atoms with Crippen molar-refractivity contribution in [1.29, 1.82) is 0 Å². The molecule has 2 aromatic carbocycles. The Labute approximate surface area is 154 Å². The Bertz CT molecular complexity index is 836. The van der Waals surface area contributed by atoms with E-state index in [0.29, 0.717) is 33.1 Å². The fourth-order valence-corrected chi connectivity index (χ4v) is 2.69. The van der Waals surface area contributed by atoms with Gasteiger partial charge < -0.3 is 10.6 Å². The van der Waals surface area contributed by atoms with Gasteiger partial charge in [0.25, 0.3) is 0 Å². The van der Waals surface area contributed by atoms with Gasteiger partial charge in [0, 0.05) is 11.6 Å². The van der Waals surface area contributed by atoms with Crippen molar-refractivity contribution >= 4 is 52.3 Å². The zero-order valence-corrected chi connectivity index (χ0v) is 14.6. The van der Waals surface area contributed by atoms with E-state index in [1.165, 1.54) is 6.20 Å². The van der Waals surface area contributed by atoms with Gasteiger partial charge in [-0.25, -0.2) is 0 Å². The zero-order valence-electron chi connectivity index (χ0n) is 12.3. The highest BCUT2D eigenvalue weighted by Crippen LogP contribution is 2.31. The first-order valence-electron chi connectivity index (χ1n) is 7.01. The SMILES string of the molecule is Clc1ccccc1CNc1cnnc(Nc2c(Cl)cccc2Cl)n1. The van der Waals surface area contributed by atoms with E-state index in [-0.39, 0.29) is 5.95 Å². The second-order valence-electron chi connectivity index (χ2n) is 4.83. The van der Waals surface area contributed by atoms with Gasteiger partial charge in [0.15, 0.2) is 5.82 Å². The molecule has 3 aromatic rings.